The molecule has 1 amide bonds. The molecule has 0 bridgehead atoms. The Kier molecular flexibility index (Phi) is 5.26. The zero-order chi connectivity index (χ0) is 19.4. The van der Waals surface area contributed by atoms with Crippen LogP contribution in [0.3, 0.4) is 0 Å². The van der Waals surface area contributed by atoms with Crippen LogP contribution in [0.25, 0.3) is 6.08 Å². The maximum atomic E-state index is 12.9. The van der Waals surface area contributed by atoms with Gasteiger partial charge in [-0.3, -0.25) is 4.79 Å². The van der Waals surface area contributed by atoms with Crippen molar-refractivity contribution in [2.45, 2.75) is 19.4 Å². The van der Waals surface area contributed by atoms with E-state index in [1.54, 1.807) is 23.1 Å². The second-order valence-corrected chi connectivity index (χ2v) is 6.78. The van der Waals surface area contributed by atoms with Crippen molar-refractivity contribution in [2.24, 2.45) is 0 Å². The maximum absolute atomic E-state index is 12.9. The van der Waals surface area contributed by atoms with Gasteiger partial charge in [0.05, 0.1) is 17.9 Å². The molecule has 2 aromatic rings. The number of halogens is 1. The van der Waals surface area contributed by atoms with Gasteiger partial charge in [0, 0.05) is 6.08 Å². The molecule has 2 aromatic carbocycles. The number of rotatable bonds is 5. The van der Waals surface area contributed by atoms with Gasteiger partial charge in [0.2, 0.25) is 0 Å². The highest BCUT2D eigenvalue weighted by molar-refractivity contribution is 6.07. The normalized spacial score (nSPS) is 15.4. The van der Waals surface area contributed by atoms with Crippen molar-refractivity contribution in [1.29, 1.82) is 0 Å². The van der Waals surface area contributed by atoms with Crippen LogP contribution in [-0.4, -0.2) is 30.6 Å². The summed E-state index contributed by atoms with van der Waals surface area (Å²) in [5.74, 6) is -0.938. The molecule has 27 heavy (non-hydrogen) atoms. The molecular weight excluding hydrogens is 347 g/mol. The number of fused-ring (bicyclic) bond motifs is 1. The Balaban J connectivity index is 1.60. The molecule has 1 aliphatic rings. The first-order chi connectivity index (χ1) is 12.9. The van der Waals surface area contributed by atoms with E-state index >= 15 is 0 Å². The molecule has 6 heteroatoms. The van der Waals surface area contributed by atoms with E-state index in [9.17, 15) is 14.0 Å². The summed E-state index contributed by atoms with van der Waals surface area (Å²) in [5.41, 5.74) is 1.59. The molecule has 0 fully saturated rings. The lowest BCUT2D eigenvalue weighted by Crippen LogP contribution is -2.54. The van der Waals surface area contributed by atoms with Gasteiger partial charge in [-0.2, -0.15) is 0 Å². The molecule has 0 atom stereocenters. The van der Waals surface area contributed by atoms with Crippen molar-refractivity contribution in [1.82, 2.24) is 0 Å². The van der Waals surface area contributed by atoms with Crippen LogP contribution in [0.4, 0.5) is 15.8 Å². The number of hydrogen-bond acceptors (Lipinski definition) is 4. The Morgan fingerprint density at radius 3 is 2.63 bits per heavy atom. The van der Waals surface area contributed by atoms with Crippen molar-refractivity contribution in [2.75, 3.05) is 23.4 Å². The minimum Gasteiger partial charge on any atom is -0.461 e. The van der Waals surface area contributed by atoms with Crippen molar-refractivity contribution in [3.05, 3.63) is 66.0 Å². The highest BCUT2D eigenvalue weighted by Crippen LogP contribution is 2.34. The van der Waals surface area contributed by atoms with Crippen LogP contribution >= 0.6 is 0 Å². The third kappa shape index (κ3) is 4.34. The van der Waals surface area contributed by atoms with Crippen molar-refractivity contribution >= 4 is 29.3 Å². The van der Waals surface area contributed by atoms with E-state index in [1.165, 1.54) is 18.2 Å². The van der Waals surface area contributed by atoms with Crippen LogP contribution in [0.5, 0.6) is 0 Å². The van der Waals surface area contributed by atoms with Crippen LogP contribution in [-0.2, 0) is 14.3 Å². The van der Waals surface area contributed by atoms with E-state index in [-0.39, 0.29) is 24.9 Å². The van der Waals surface area contributed by atoms with Gasteiger partial charge < -0.3 is 15.0 Å². The number of carbonyl (C=O) groups excluding carboxylic acids is 2. The monoisotopic (exact) mass is 368 g/mol. The summed E-state index contributed by atoms with van der Waals surface area (Å²) in [6, 6.07) is 13.3. The number of hydrogen-bond donors (Lipinski definition) is 1. The maximum Gasteiger partial charge on any atom is 0.330 e. The summed E-state index contributed by atoms with van der Waals surface area (Å²) in [5, 5.41) is 3.22. The van der Waals surface area contributed by atoms with Crippen LogP contribution < -0.4 is 10.2 Å². The molecule has 1 heterocycles. The summed E-state index contributed by atoms with van der Waals surface area (Å²) >= 11 is 0. The predicted octanol–water partition coefficient (Wildman–Crippen LogP) is 3.62. The summed E-state index contributed by atoms with van der Waals surface area (Å²) in [7, 11) is 0. The molecule has 1 N–H and O–H groups in total. The largest absolute Gasteiger partial charge is 0.461 e. The summed E-state index contributed by atoms with van der Waals surface area (Å²) in [4.78, 5) is 26.2. The van der Waals surface area contributed by atoms with Gasteiger partial charge in [0.1, 0.15) is 18.0 Å². The summed E-state index contributed by atoms with van der Waals surface area (Å²) < 4.78 is 18.1. The average Bonchev–Trinajstić information content (AvgIpc) is 2.64. The number of anilines is 2. The van der Waals surface area contributed by atoms with Gasteiger partial charge in [-0.1, -0.05) is 24.3 Å². The average molecular weight is 368 g/mol. The van der Waals surface area contributed by atoms with Gasteiger partial charge in [0.25, 0.3) is 5.91 Å². The van der Waals surface area contributed by atoms with Gasteiger partial charge in [-0.05, 0) is 49.8 Å². The fourth-order valence-electron chi connectivity index (χ4n) is 2.90. The minimum atomic E-state index is -0.735. The topological polar surface area (TPSA) is 58.6 Å². The fourth-order valence-corrected chi connectivity index (χ4v) is 2.90. The highest BCUT2D eigenvalue weighted by atomic mass is 19.1. The lowest BCUT2D eigenvalue weighted by molar-refractivity contribution is -0.137. The van der Waals surface area contributed by atoms with Gasteiger partial charge in [0.15, 0.2) is 0 Å². The van der Waals surface area contributed by atoms with E-state index in [0.29, 0.717) is 5.56 Å². The van der Waals surface area contributed by atoms with E-state index in [0.717, 1.165) is 11.4 Å². The molecule has 5 nitrogen and oxygen atoms in total. The molecular formula is C21H21FN2O3. The third-order valence-electron chi connectivity index (χ3n) is 4.26. The molecule has 0 aromatic heterocycles. The standard InChI is InChI=1S/C21H21FN2O3/c1-21(2)20(26)24(18-6-4-3-5-17(18)23-21)13-14-27-19(25)12-9-15-7-10-16(22)11-8-15/h3-12,23H,13-14H2,1-2H3/b12-9+. The van der Waals surface area contributed by atoms with Crippen molar-refractivity contribution < 1.29 is 18.7 Å². The molecule has 0 unspecified atom stereocenters. The Morgan fingerprint density at radius 1 is 1.19 bits per heavy atom. The minimum absolute atomic E-state index is 0.0722. The van der Waals surface area contributed by atoms with Crippen LogP contribution in [0.2, 0.25) is 0 Å². The Bertz CT molecular complexity index is 875. The SMILES string of the molecule is CC1(C)Nc2ccccc2N(CCOC(=O)/C=C/c2ccc(F)cc2)C1=O. The first-order valence-electron chi connectivity index (χ1n) is 8.66. The number of carbonyl (C=O) groups is 2. The number of amides is 1. The van der Waals surface area contributed by atoms with E-state index < -0.39 is 11.5 Å². The van der Waals surface area contributed by atoms with Gasteiger partial charge >= 0.3 is 5.97 Å². The number of para-hydroxylation sites is 2. The highest BCUT2D eigenvalue weighted by Gasteiger charge is 2.38. The Hall–Kier alpha value is -3.15. The predicted molar refractivity (Wildman–Crippen MR) is 103 cm³/mol. The lowest BCUT2D eigenvalue weighted by atomic mass is 9.98. The number of benzene rings is 2. The van der Waals surface area contributed by atoms with Gasteiger partial charge in [-0.25, -0.2) is 9.18 Å². The first-order valence-corrected chi connectivity index (χ1v) is 8.66. The second-order valence-electron chi connectivity index (χ2n) is 6.78. The van der Waals surface area contributed by atoms with E-state index in [2.05, 4.69) is 5.32 Å². The molecule has 0 saturated heterocycles. The van der Waals surface area contributed by atoms with Crippen molar-refractivity contribution in [3.63, 3.8) is 0 Å². The number of nitrogens with one attached hydrogen (secondary N) is 1. The quantitative estimate of drug-likeness (QED) is 0.647. The fraction of sp³-hybridized carbons (Fsp3) is 0.238. The number of ether oxygens (including phenoxy) is 1. The zero-order valence-electron chi connectivity index (χ0n) is 15.2. The molecule has 0 saturated carbocycles. The molecule has 140 valence electrons. The summed E-state index contributed by atoms with van der Waals surface area (Å²) in [6.45, 7) is 3.96. The molecule has 0 radical (unpaired) electrons. The Labute approximate surface area is 157 Å². The summed E-state index contributed by atoms with van der Waals surface area (Å²) in [6.07, 6.45) is 2.83. The molecule has 3 rings (SSSR count). The number of esters is 1. The molecule has 1 aliphatic heterocycles. The second kappa shape index (κ2) is 7.61. The zero-order valence-corrected chi connectivity index (χ0v) is 15.2. The van der Waals surface area contributed by atoms with E-state index in [1.807, 2.05) is 38.1 Å². The molecule has 0 aliphatic carbocycles. The van der Waals surface area contributed by atoms with Crippen LogP contribution in [0.15, 0.2) is 54.6 Å². The third-order valence-corrected chi connectivity index (χ3v) is 4.26. The van der Waals surface area contributed by atoms with Crippen molar-refractivity contribution in [3.8, 4) is 0 Å². The smallest absolute Gasteiger partial charge is 0.330 e. The lowest BCUT2D eigenvalue weighted by Gasteiger charge is -2.39. The molecule has 0 spiro atoms. The first kappa shape index (κ1) is 18.6. The van der Waals surface area contributed by atoms with Crippen LogP contribution in [0, 0.1) is 5.82 Å². The Morgan fingerprint density at radius 2 is 1.89 bits per heavy atom. The van der Waals surface area contributed by atoms with Gasteiger partial charge in [-0.15, -0.1) is 0 Å². The van der Waals surface area contributed by atoms with E-state index in [4.69, 9.17) is 4.74 Å². The number of nitrogens with zero attached hydrogens (tertiary/aromatic N) is 1. The van der Waals surface area contributed by atoms with Crippen LogP contribution in [0.1, 0.15) is 19.4 Å².